The number of rotatable bonds is 0. The quantitative estimate of drug-likeness (QED) is 0.287. The molecule has 0 saturated carbocycles. The second-order valence-electron chi connectivity index (χ2n) is 7.86. The summed E-state index contributed by atoms with van der Waals surface area (Å²) in [5.74, 6) is 1.42. The molecule has 1 aliphatic rings. The first-order valence-corrected chi connectivity index (χ1v) is 9.64. The van der Waals surface area contributed by atoms with Gasteiger partial charge in [-0.05, 0) is 61.2 Å². The third-order valence-electron chi connectivity index (χ3n) is 5.83. The Morgan fingerprint density at radius 2 is 1.64 bits per heavy atom. The summed E-state index contributed by atoms with van der Waals surface area (Å²) in [6.45, 7) is 7.35. The molecule has 2 aromatic carbocycles. The molecule has 4 heterocycles. The van der Waals surface area contributed by atoms with Gasteiger partial charge in [-0.15, -0.1) is 0 Å². The molecule has 1 atom stereocenters. The Morgan fingerprint density at radius 1 is 0.929 bits per heavy atom. The van der Waals surface area contributed by atoms with Crippen LogP contribution in [0.25, 0.3) is 50.1 Å². The summed E-state index contributed by atoms with van der Waals surface area (Å²) >= 11 is 0. The highest BCUT2D eigenvalue weighted by Crippen LogP contribution is 2.35. The van der Waals surface area contributed by atoms with Crippen LogP contribution in [0, 0.1) is 19.8 Å². The van der Waals surface area contributed by atoms with Crippen molar-refractivity contribution in [1.29, 1.82) is 0 Å². The lowest BCUT2D eigenvalue weighted by atomic mass is 10.1. The zero-order chi connectivity index (χ0) is 19.0. The lowest BCUT2D eigenvalue weighted by Gasteiger charge is -2.16. The predicted octanol–water partition coefficient (Wildman–Crippen LogP) is 4.96. The van der Waals surface area contributed by atoms with Gasteiger partial charge in [0, 0.05) is 18.1 Å². The van der Waals surface area contributed by atoms with Gasteiger partial charge in [0.1, 0.15) is 27.9 Å². The van der Waals surface area contributed by atoms with Crippen molar-refractivity contribution >= 4 is 50.1 Å². The SMILES string of the molecule is Cc1cc2nc3c4cccnc4c4nc5n(c4c3nc2cc1C)CC(C)C=C5. The van der Waals surface area contributed by atoms with Crippen LogP contribution < -0.4 is 0 Å². The minimum atomic E-state index is 0.456. The highest BCUT2D eigenvalue weighted by Gasteiger charge is 2.22. The Hall–Kier alpha value is -3.34. The molecule has 5 heteroatoms. The topological polar surface area (TPSA) is 56.5 Å². The van der Waals surface area contributed by atoms with E-state index < -0.39 is 0 Å². The normalized spacial score (nSPS) is 16.5. The Bertz CT molecular complexity index is 1480. The first-order valence-electron chi connectivity index (χ1n) is 9.64. The molecule has 0 radical (unpaired) electrons. The van der Waals surface area contributed by atoms with Gasteiger partial charge in [-0.2, -0.15) is 0 Å². The van der Waals surface area contributed by atoms with Crippen LogP contribution in [0.1, 0.15) is 23.9 Å². The number of nitrogens with zero attached hydrogens (tertiary/aromatic N) is 5. The number of hydrogen-bond donors (Lipinski definition) is 0. The summed E-state index contributed by atoms with van der Waals surface area (Å²) in [7, 11) is 0. The summed E-state index contributed by atoms with van der Waals surface area (Å²) in [5.41, 5.74) is 8.96. The molecule has 1 aliphatic heterocycles. The van der Waals surface area contributed by atoms with Gasteiger partial charge in [0.05, 0.1) is 16.6 Å². The molecule has 3 aromatic heterocycles. The van der Waals surface area contributed by atoms with Gasteiger partial charge >= 0.3 is 0 Å². The fourth-order valence-corrected chi connectivity index (χ4v) is 4.24. The maximum atomic E-state index is 5.09. The van der Waals surface area contributed by atoms with E-state index in [9.17, 15) is 0 Å². The summed E-state index contributed by atoms with van der Waals surface area (Å²) in [4.78, 5) is 19.7. The largest absolute Gasteiger partial charge is 0.322 e. The maximum Gasteiger partial charge on any atom is 0.133 e. The molecule has 0 amide bonds. The molecule has 6 rings (SSSR count). The second kappa shape index (κ2) is 5.35. The van der Waals surface area contributed by atoms with Crippen molar-refractivity contribution in [3.63, 3.8) is 0 Å². The van der Waals surface area contributed by atoms with Gasteiger partial charge in [-0.25, -0.2) is 15.0 Å². The van der Waals surface area contributed by atoms with E-state index in [-0.39, 0.29) is 0 Å². The fraction of sp³-hybridized carbons (Fsp3) is 0.217. The molecular formula is C23H19N5. The monoisotopic (exact) mass is 365 g/mol. The average molecular weight is 365 g/mol. The lowest BCUT2D eigenvalue weighted by molar-refractivity contribution is 0.568. The van der Waals surface area contributed by atoms with Crippen molar-refractivity contribution in [3.05, 3.63) is 53.5 Å². The summed E-state index contributed by atoms with van der Waals surface area (Å²) < 4.78 is 2.28. The molecule has 0 bridgehead atoms. The number of allylic oxidation sites excluding steroid dienone is 1. The zero-order valence-electron chi connectivity index (χ0n) is 16.1. The van der Waals surface area contributed by atoms with Gasteiger partial charge in [-0.3, -0.25) is 4.98 Å². The minimum Gasteiger partial charge on any atom is -0.322 e. The third kappa shape index (κ3) is 2.01. The highest BCUT2D eigenvalue weighted by atomic mass is 15.1. The van der Waals surface area contributed by atoms with Gasteiger partial charge in [0.25, 0.3) is 0 Å². The number of imidazole rings is 1. The van der Waals surface area contributed by atoms with E-state index >= 15 is 0 Å². The molecule has 136 valence electrons. The maximum absolute atomic E-state index is 5.09. The second-order valence-corrected chi connectivity index (χ2v) is 7.86. The van der Waals surface area contributed by atoms with E-state index in [4.69, 9.17) is 15.0 Å². The van der Waals surface area contributed by atoms with Crippen molar-refractivity contribution in [2.75, 3.05) is 0 Å². The Morgan fingerprint density at radius 3 is 2.43 bits per heavy atom. The summed E-state index contributed by atoms with van der Waals surface area (Å²) in [6, 6.07) is 8.28. The van der Waals surface area contributed by atoms with Crippen molar-refractivity contribution < 1.29 is 0 Å². The Balaban J connectivity index is 1.89. The molecule has 5 nitrogen and oxygen atoms in total. The molecule has 0 aliphatic carbocycles. The number of aromatic nitrogens is 5. The average Bonchev–Trinajstić information content (AvgIpc) is 3.07. The van der Waals surface area contributed by atoms with E-state index in [1.165, 1.54) is 11.1 Å². The van der Waals surface area contributed by atoms with Crippen LogP contribution in [0.5, 0.6) is 0 Å². The van der Waals surface area contributed by atoms with Gasteiger partial charge in [-0.1, -0.05) is 13.0 Å². The fourth-order valence-electron chi connectivity index (χ4n) is 4.24. The molecular weight excluding hydrogens is 346 g/mol. The van der Waals surface area contributed by atoms with Gasteiger partial charge in [0.15, 0.2) is 0 Å². The molecule has 5 aromatic rings. The standard InChI is InChI=1S/C23H19N5/c1-12-6-7-18-27-21-19-15(5-4-8-24-19)20-22(23(21)28(18)11-12)26-17-10-14(3)13(2)9-16(17)25-20/h4-10,12H,11H2,1-3H3. The minimum absolute atomic E-state index is 0.456. The van der Waals surface area contributed by atoms with Crippen LogP contribution in [0.3, 0.4) is 0 Å². The zero-order valence-corrected chi connectivity index (χ0v) is 16.1. The molecule has 0 spiro atoms. The van der Waals surface area contributed by atoms with Crippen molar-refractivity contribution in [2.24, 2.45) is 5.92 Å². The van der Waals surface area contributed by atoms with Crippen LogP contribution in [0.2, 0.25) is 0 Å². The van der Waals surface area contributed by atoms with E-state index in [2.05, 4.69) is 60.7 Å². The molecule has 0 fully saturated rings. The summed E-state index contributed by atoms with van der Waals surface area (Å²) in [5, 5.41) is 1.00. The number of pyridine rings is 1. The number of benzene rings is 2. The van der Waals surface area contributed by atoms with E-state index in [0.29, 0.717) is 5.92 Å². The van der Waals surface area contributed by atoms with Gasteiger partial charge < -0.3 is 4.57 Å². The van der Waals surface area contributed by atoms with E-state index in [0.717, 1.165) is 56.4 Å². The smallest absolute Gasteiger partial charge is 0.133 e. The van der Waals surface area contributed by atoms with Crippen LogP contribution in [0.15, 0.2) is 36.5 Å². The first kappa shape index (κ1) is 15.7. The number of hydrogen-bond acceptors (Lipinski definition) is 4. The Kier molecular flexibility index (Phi) is 3.00. The molecule has 1 unspecified atom stereocenters. The molecule has 0 saturated heterocycles. The van der Waals surface area contributed by atoms with Crippen molar-refractivity contribution in [3.8, 4) is 0 Å². The van der Waals surface area contributed by atoms with E-state index in [1.54, 1.807) is 0 Å². The first-order chi connectivity index (χ1) is 13.6. The molecule has 0 N–H and O–H groups in total. The summed E-state index contributed by atoms with van der Waals surface area (Å²) in [6.07, 6.45) is 6.15. The predicted molar refractivity (Wildman–Crippen MR) is 113 cm³/mol. The molecule has 28 heavy (non-hydrogen) atoms. The number of fused-ring (bicyclic) bond motifs is 9. The Labute approximate surface area is 161 Å². The van der Waals surface area contributed by atoms with Crippen molar-refractivity contribution in [1.82, 2.24) is 24.5 Å². The third-order valence-corrected chi connectivity index (χ3v) is 5.83. The highest BCUT2D eigenvalue weighted by molar-refractivity contribution is 6.20. The van der Waals surface area contributed by atoms with Crippen LogP contribution in [-0.2, 0) is 6.54 Å². The van der Waals surface area contributed by atoms with Crippen molar-refractivity contribution in [2.45, 2.75) is 27.3 Å². The lowest BCUT2D eigenvalue weighted by Crippen LogP contribution is -2.11. The van der Waals surface area contributed by atoms with Gasteiger partial charge in [0.2, 0.25) is 0 Å². The van der Waals surface area contributed by atoms with Crippen LogP contribution in [0.4, 0.5) is 0 Å². The van der Waals surface area contributed by atoms with Crippen LogP contribution in [-0.4, -0.2) is 24.5 Å². The van der Waals surface area contributed by atoms with Crippen LogP contribution >= 0.6 is 0 Å². The van der Waals surface area contributed by atoms with E-state index in [1.807, 2.05) is 12.3 Å². The number of aryl methyl sites for hydroxylation is 2.